The van der Waals surface area contributed by atoms with Gasteiger partial charge in [-0.25, -0.2) is 0 Å². The summed E-state index contributed by atoms with van der Waals surface area (Å²) in [6, 6.07) is 20.6. The lowest BCUT2D eigenvalue weighted by molar-refractivity contribution is -0.122. The van der Waals surface area contributed by atoms with E-state index in [0.717, 1.165) is 17.0 Å². The highest BCUT2D eigenvalue weighted by Gasteiger charge is 2.18. The normalized spacial score (nSPS) is 12.1. The number of benzene rings is 2. The largest absolute Gasteiger partial charge is 0.343 e. The van der Waals surface area contributed by atoms with E-state index in [0.29, 0.717) is 6.54 Å². The molecule has 0 aliphatic heterocycles. The molecule has 0 saturated heterocycles. The van der Waals surface area contributed by atoms with Gasteiger partial charge in [0.2, 0.25) is 5.91 Å². The molecule has 3 nitrogen and oxygen atoms in total. The molecule has 0 unspecified atom stereocenters. The molecule has 1 atom stereocenters. The number of aryl methyl sites for hydroxylation is 2. The van der Waals surface area contributed by atoms with Crippen LogP contribution in [0.25, 0.3) is 0 Å². The fourth-order valence-electron chi connectivity index (χ4n) is 3.24. The third-order valence-electron chi connectivity index (χ3n) is 4.62. The molecule has 0 aliphatic carbocycles. The zero-order valence-corrected chi connectivity index (χ0v) is 16.9. The summed E-state index contributed by atoms with van der Waals surface area (Å²) in [4.78, 5) is 15.9. The molecule has 1 heterocycles. The minimum absolute atomic E-state index is 0.0320. The first-order valence-corrected chi connectivity index (χ1v) is 10.0. The maximum absolute atomic E-state index is 12.7. The quantitative estimate of drug-likeness (QED) is 0.646. The van der Waals surface area contributed by atoms with Crippen molar-refractivity contribution in [2.75, 3.05) is 13.6 Å². The van der Waals surface area contributed by atoms with Gasteiger partial charge in [0.25, 0.3) is 0 Å². The third kappa shape index (κ3) is 5.28. The summed E-state index contributed by atoms with van der Waals surface area (Å²) in [6.07, 6.45) is 0. The number of nitrogens with one attached hydrogen (secondary N) is 1. The Morgan fingerprint density at radius 1 is 1.07 bits per heavy atom. The molecule has 1 aromatic heterocycles. The van der Waals surface area contributed by atoms with Gasteiger partial charge in [-0.2, -0.15) is 0 Å². The Balaban J connectivity index is 1.65. The highest BCUT2D eigenvalue weighted by Crippen LogP contribution is 2.25. The maximum Gasteiger partial charge on any atom is 0.234 e. The molecule has 0 aliphatic rings. The van der Waals surface area contributed by atoms with Crippen molar-refractivity contribution in [3.63, 3.8) is 0 Å². The van der Waals surface area contributed by atoms with Crippen molar-refractivity contribution in [3.05, 3.63) is 93.2 Å². The average Bonchev–Trinajstić information content (AvgIpc) is 3.17. The fourth-order valence-corrected chi connectivity index (χ4v) is 4.04. The lowest BCUT2D eigenvalue weighted by Crippen LogP contribution is -2.37. The molecule has 0 bridgehead atoms. The molecule has 0 fully saturated rings. The van der Waals surface area contributed by atoms with Gasteiger partial charge in [0.15, 0.2) is 0 Å². The number of amides is 1. The van der Waals surface area contributed by atoms with Crippen LogP contribution in [0.2, 0.25) is 0 Å². The summed E-state index contributed by atoms with van der Waals surface area (Å²) in [7, 11) is 1.99. The van der Waals surface area contributed by atoms with Gasteiger partial charge in [0, 0.05) is 11.4 Å². The van der Waals surface area contributed by atoms with Crippen molar-refractivity contribution in [2.45, 2.75) is 26.4 Å². The molecule has 3 rings (SSSR count). The van der Waals surface area contributed by atoms with Gasteiger partial charge < -0.3 is 5.32 Å². The molecule has 4 heteroatoms. The lowest BCUT2D eigenvalue weighted by Gasteiger charge is -2.22. The second-order valence-corrected chi connectivity index (χ2v) is 8.01. The van der Waals surface area contributed by atoms with E-state index in [4.69, 9.17) is 0 Å². The average molecular weight is 379 g/mol. The monoisotopic (exact) mass is 378 g/mol. The number of hydrogen-bond acceptors (Lipinski definition) is 3. The summed E-state index contributed by atoms with van der Waals surface area (Å²) >= 11 is 1.66. The van der Waals surface area contributed by atoms with Crippen molar-refractivity contribution >= 4 is 17.2 Å². The van der Waals surface area contributed by atoms with Crippen molar-refractivity contribution in [1.29, 1.82) is 0 Å². The molecule has 0 radical (unpaired) electrons. The highest BCUT2D eigenvalue weighted by atomic mass is 32.1. The van der Waals surface area contributed by atoms with E-state index in [9.17, 15) is 4.79 Å². The zero-order valence-electron chi connectivity index (χ0n) is 16.1. The molecule has 0 saturated carbocycles. The van der Waals surface area contributed by atoms with Gasteiger partial charge >= 0.3 is 0 Å². The Morgan fingerprint density at radius 3 is 2.52 bits per heavy atom. The fraction of sp³-hybridized carbons (Fsp3) is 0.261. The summed E-state index contributed by atoms with van der Waals surface area (Å²) < 4.78 is 0. The third-order valence-corrected chi connectivity index (χ3v) is 5.55. The lowest BCUT2D eigenvalue weighted by atomic mass is 10.0. The van der Waals surface area contributed by atoms with Crippen molar-refractivity contribution in [2.24, 2.45) is 0 Å². The molecule has 1 amide bonds. The van der Waals surface area contributed by atoms with Gasteiger partial charge in [0.05, 0.1) is 12.6 Å². The summed E-state index contributed by atoms with van der Waals surface area (Å²) in [5, 5.41) is 5.25. The minimum atomic E-state index is -0.104. The first kappa shape index (κ1) is 19.3. The van der Waals surface area contributed by atoms with Gasteiger partial charge in [-0.15, -0.1) is 11.3 Å². The molecule has 140 valence electrons. The van der Waals surface area contributed by atoms with Crippen LogP contribution < -0.4 is 5.32 Å². The van der Waals surface area contributed by atoms with Crippen LogP contribution >= 0.6 is 11.3 Å². The van der Waals surface area contributed by atoms with Gasteiger partial charge in [-0.3, -0.25) is 9.69 Å². The Bertz CT molecular complexity index is 875. The molecule has 2 aromatic carbocycles. The SMILES string of the molecule is Cc1ccc(CN(C)CC(=O)N[C@H](c2ccccc2)c2cccs2)c(C)c1. The standard InChI is InChI=1S/C23H26N2OS/c1-17-11-12-20(18(2)14-17)15-25(3)16-22(26)24-23(21-10-7-13-27-21)19-8-5-4-6-9-19/h4-14,23H,15-16H2,1-3H3,(H,24,26)/t23-/m1/s1. The van der Waals surface area contributed by atoms with Crippen LogP contribution in [0.1, 0.15) is 33.2 Å². The Labute approximate surface area is 165 Å². The smallest absolute Gasteiger partial charge is 0.234 e. The molecule has 1 N–H and O–H groups in total. The maximum atomic E-state index is 12.7. The minimum Gasteiger partial charge on any atom is -0.343 e. The van der Waals surface area contributed by atoms with Crippen molar-refractivity contribution in [1.82, 2.24) is 10.2 Å². The van der Waals surface area contributed by atoms with Crippen LogP contribution in [0, 0.1) is 13.8 Å². The first-order valence-electron chi connectivity index (χ1n) is 9.15. The summed E-state index contributed by atoms with van der Waals surface area (Å²) in [5.41, 5.74) is 4.89. The number of hydrogen-bond donors (Lipinski definition) is 1. The van der Waals surface area contributed by atoms with Crippen LogP contribution in [0.15, 0.2) is 66.0 Å². The zero-order chi connectivity index (χ0) is 19.2. The van der Waals surface area contributed by atoms with Crippen molar-refractivity contribution in [3.8, 4) is 0 Å². The van der Waals surface area contributed by atoms with Crippen LogP contribution in [-0.4, -0.2) is 24.4 Å². The Kier molecular flexibility index (Phi) is 6.43. The van der Waals surface area contributed by atoms with E-state index in [1.54, 1.807) is 11.3 Å². The van der Waals surface area contributed by atoms with Crippen LogP contribution in [0.5, 0.6) is 0 Å². The van der Waals surface area contributed by atoms with E-state index in [1.165, 1.54) is 16.7 Å². The second-order valence-electron chi connectivity index (χ2n) is 7.03. The topological polar surface area (TPSA) is 32.3 Å². The number of rotatable bonds is 7. The molecular formula is C23H26N2OS. The first-order chi connectivity index (χ1) is 13.0. The van der Waals surface area contributed by atoms with E-state index >= 15 is 0 Å². The van der Waals surface area contributed by atoms with E-state index in [-0.39, 0.29) is 11.9 Å². The number of likely N-dealkylation sites (N-methyl/N-ethyl adjacent to an activating group) is 1. The van der Waals surface area contributed by atoms with Crippen LogP contribution in [-0.2, 0) is 11.3 Å². The summed E-state index contributed by atoms with van der Waals surface area (Å²) in [5.74, 6) is 0.0320. The number of nitrogens with zero attached hydrogens (tertiary/aromatic N) is 1. The van der Waals surface area contributed by atoms with Crippen LogP contribution in [0.3, 0.4) is 0 Å². The highest BCUT2D eigenvalue weighted by molar-refractivity contribution is 7.10. The Morgan fingerprint density at radius 2 is 1.85 bits per heavy atom. The van der Waals surface area contributed by atoms with Crippen molar-refractivity contribution < 1.29 is 4.79 Å². The number of carbonyl (C=O) groups excluding carboxylic acids is 1. The molecule has 3 aromatic rings. The summed E-state index contributed by atoms with van der Waals surface area (Å²) in [6.45, 7) is 5.34. The second kappa shape index (κ2) is 8.98. The molecular weight excluding hydrogens is 352 g/mol. The van der Waals surface area contributed by atoms with Gasteiger partial charge in [0.1, 0.15) is 0 Å². The van der Waals surface area contributed by atoms with E-state index < -0.39 is 0 Å². The van der Waals surface area contributed by atoms with Crippen LogP contribution in [0.4, 0.5) is 0 Å². The molecule has 0 spiro atoms. The van der Waals surface area contributed by atoms with E-state index in [1.807, 2.05) is 36.7 Å². The number of carbonyl (C=O) groups is 1. The Hall–Kier alpha value is -2.43. The van der Waals surface area contributed by atoms with E-state index in [2.05, 4.69) is 60.5 Å². The van der Waals surface area contributed by atoms with Gasteiger partial charge in [-0.1, -0.05) is 60.2 Å². The predicted molar refractivity (Wildman–Crippen MR) is 113 cm³/mol. The molecule has 27 heavy (non-hydrogen) atoms. The number of thiophene rings is 1. The van der Waals surface area contributed by atoms with Gasteiger partial charge in [-0.05, 0) is 49.0 Å². The predicted octanol–water partition coefficient (Wildman–Crippen LogP) is 4.70.